The van der Waals surface area contributed by atoms with E-state index in [0.717, 1.165) is 23.3 Å². The summed E-state index contributed by atoms with van der Waals surface area (Å²) in [5.74, 6) is 0.816. The summed E-state index contributed by atoms with van der Waals surface area (Å²) in [6.45, 7) is 1.87. The average Bonchev–Trinajstić information content (AvgIpc) is 3.47. The lowest BCUT2D eigenvalue weighted by Gasteiger charge is -2.16. The summed E-state index contributed by atoms with van der Waals surface area (Å²) in [6.07, 6.45) is -3.72. The minimum Gasteiger partial charge on any atom is -0.493 e. The number of benzene rings is 2. The summed E-state index contributed by atoms with van der Waals surface area (Å²) in [6, 6.07) is 10.2. The second-order valence-electron chi connectivity index (χ2n) is 6.91. The zero-order chi connectivity index (χ0) is 20.5. The SMILES string of the molecule is COc1ccc(C(C)NC(=O)C2CC2c2ccc(C(F)(F)F)cc2)cc1OC. The number of alkyl halides is 3. The van der Waals surface area contributed by atoms with E-state index in [1.807, 2.05) is 19.1 Å². The van der Waals surface area contributed by atoms with Crippen molar-refractivity contribution in [2.24, 2.45) is 5.92 Å². The van der Waals surface area contributed by atoms with Gasteiger partial charge in [-0.05, 0) is 54.7 Å². The molecule has 0 spiro atoms. The fraction of sp³-hybridized carbons (Fsp3) is 0.381. The fourth-order valence-electron chi connectivity index (χ4n) is 3.30. The highest BCUT2D eigenvalue weighted by atomic mass is 19.4. The van der Waals surface area contributed by atoms with Crippen LogP contribution in [-0.2, 0) is 11.0 Å². The number of nitrogens with one attached hydrogen (secondary N) is 1. The van der Waals surface area contributed by atoms with Gasteiger partial charge in [-0.15, -0.1) is 0 Å². The Morgan fingerprint density at radius 2 is 1.71 bits per heavy atom. The predicted octanol–water partition coefficient (Wildman–Crippen LogP) is 4.70. The number of halogens is 3. The summed E-state index contributed by atoms with van der Waals surface area (Å²) < 4.78 is 48.5. The summed E-state index contributed by atoms with van der Waals surface area (Å²) >= 11 is 0. The average molecular weight is 393 g/mol. The van der Waals surface area contributed by atoms with Crippen LogP contribution in [0.3, 0.4) is 0 Å². The quantitative estimate of drug-likeness (QED) is 0.774. The summed E-state index contributed by atoms with van der Waals surface area (Å²) in [5, 5.41) is 2.97. The minimum absolute atomic E-state index is 0.0418. The highest BCUT2D eigenvalue weighted by molar-refractivity contribution is 5.83. The maximum absolute atomic E-state index is 12.7. The summed E-state index contributed by atoms with van der Waals surface area (Å²) in [7, 11) is 3.10. The van der Waals surface area contributed by atoms with Gasteiger partial charge < -0.3 is 14.8 Å². The van der Waals surface area contributed by atoms with E-state index in [9.17, 15) is 18.0 Å². The van der Waals surface area contributed by atoms with Gasteiger partial charge in [-0.1, -0.05) is 18.2 Å². The van der Waals surface area contributed by atoms with E-state index < -0.39 is 11.7 Å². The Labute approximate surface area is 161 Å². The van der Waals surface area contributed by atoms with Gasteiger partial charge in [0.25, 0.3) is 0 Å². The van der Waals surface area contributed by atoms with Crippen LogP contribution < -0.4 is 14.8 Å². The molecule has 7 heteroatoms. The zero-order valence-electron chi connectivity index (χ0n) is 15.8. The number of hydrogen-bond acceptors (Lipinski definition) is 3. The van der Waals surface area contributed by atoms with Crippen LogP contribution in [0.15, 0.2) is 42.5 Å². The Balaban J connectivity index is 1.62. The van der Waals surface area contributed by atoms with Crippen LogP contribution in [0.2, 0.25) is 0 Å². The number of rotatable bonds is 6. The molecule has 3 unspecified atom stereocenters. The molecule has 0 bridgehead atoms. The van der Waals surface area contributed by atoms with Crippen LogP contribution in [0, 0.1) is 5.92 Å². The molecule has 0 aromatic heterocycles. The lowest BCUT2D eigenvalue weighted by atomic mass is 10.1. The first kappa shape index (κ1) is 20.0. The highest BCUT2D eigenvalue weighted by Gasteiger charge is 2.44. The molecule has 150 valence electrons. The number of methoxy groups -OCH3 is 2. The largest absolute Gasteiger partial charge is 0.493 e. The first-order valence-corrected chi connectivity index (χ1v) is 8.94. The maximum atomic E-state index is 12.7. The Kier molecular flexibility index (Phi) is 5.54. The molecular formula is C21H22F3NO3. The van der Waals surface area contributed by atoms with E-state index in [4.69, 9.17) is 9.47 Å². The molecule has 0 heterocycles. The molecule has 1 amide bonds. The molecule has 2 aromatic carbocycles. The maximum Gasteiger partial charge on any atom is 0.416 e. The van der Waals surface area contributed by atoms with E-state index in [1.165, 1.54) is 12.1 Å². The van der Waals surface area contributed by atoms with Gasteiger partial charge in [-0.2, -0.15) is 13.2 Å². The van der Waals surface area contributed by atoms with Crippen molar-refractivity contribution in [3.8, 4) is 11.5 Å². The second kappa shape index (κ2) is 7.73. The normalized spacial score (nSPS) is 19.6. The Hall–Kier alpha value is -2.70. The molecule has 4 nitrogen and oxygen atoms in total. The molecule has 1 aliphatic rings. The minimum atomic E-state index is -4.35. The van der Waals surface area contributed by atoms with Crippen molar-refractivity contribution in [2.75, 3.05) is 14.2 Å². The molecule has 1 saturated carbocycles. The lowest BCUT2D eigenvalue weighted by molar-refractivity contribution is -0.137. The number of carbonyl (C=O) groups is 1. The van der Waals surface area contributed by atoms with Gasteiger partial charge >= 0.3 is 6.18 Å². The zero-order valence-corrected chi connectivity index (χ0v) is 15.8. The van der Waals surface area contributed by atoms with Crippen LogP contribution in [0.4, 0.5) is 13.2 Å². The van der Waals surface area contributed by atoms with Crippen LogP contribution in [-0.4, -0.2) is 20.1 Å². The molecule has 0 saturated heterocycles. The van der Waals surface area contributed by atoms with E-state index in [1.54, 1.807) is 20.3 Å². The van der Waals surface area contributed by atoms with Crippen LogP contribution in [0.1, 0.15) is 42.0 Å². The molecule has 0 aliphatic heterocycles. The number of carbonyl (C=O) groups excluding carboxylic acids is 1. The number of amides is 1. The van der Waals surface area contributed by atoms with Gasteiger partial charge in [0.1, 0.15) is 0 Å². The van der Waals surface area contributed by atoms with Crippen molar-refractivity contribution in [2.45, 2.75) is 31.5 Å². The molecule has 1 N–H and O–H groups in total. The van der Waals surface area contributed by atoms with Gasteiger partial charge in [0, 0.05) is 5.92 Å². The predicted molar refractivity (Wildman–Crippen MR) is 98.4 cm³/mol. The summed E-state index contributed by atoms with van der Waals surface area (Å²) in [4.78, 5) is 12.5. The van der Waals surface area contributed by atoms with E-state index in [2.05, 4.69) is 5.32 Å². The van der Waals surface area contributed by atoms with Gasteiger partial charge in [-0.3, -0.25) is 4.79 Å². The van der Waals surface area contributed by atoms with E-state index >= 15 is 0 Å². The lowest BCUT2D eigenvalue weighted by Crippen LogP contribution is -2.28. The van der Waals surface area contributed by atoms with Crippen molar-refractivity contribution in [3.05, 3.63) is 59.2 Å². The van der Waals surface area contributed by atoms with Crippen molar-refractivity contribution in [1.82, 2.24) is 5.32 Å². The van der Waals surface area contributed by atoms with Gasteiger partial charge in [0.2, 0.25) is 5.91 Å². The fourth-order valence-corrected chi connectivity index (χ4v) is 3.30. The number of ether oxygens (including phenoxy) is 2. The molecule has 1 fully saturated rings. The second-order valence-corrected chi connectivity index (χ2v) is 6.91. The van der Waals surface area contributed by atoms with Crippen molar-refractivity contribution >= 4 is 5.91 Å². The highest BCUT2D eigenvalue weighted by Crippen LogP contribution is 2.48. The molecule has 3 atom stereocenters. The molecule has 2 aromatic rings. The molecular weight excluding hydrogens is 371 g/mol. The first-order valence-electron chi connectivity index (χ1n) is 8.94. The number of hydrogen-bond donors (Lipinski definition) is 1. The molecule has 3 rings (SSSR count). The Morgan fingerprint density at radius 3 is 2.29 bits per heavy atom. The Morgan fingerprint density at radius 1 is 1.07 bits per heavy atom. The van der Waals surface area contributed by atoms with Crippen molar-refractivity contribution in [3.63, 3.8) is 0 Å². The van der Waals surface area contributed by atoms with Gasteiger partial charge in [0.15, 0.2) is 11.5 Å². The van der Waals surface area contributed by atoms with Crippen molar-refractivity contribution < 1.29 is 27.4 Å². The topological polar surface area (TPSA) is 47.6 Å². The molecule has 28 heavy (non-hydrogen) atoms. The first-order chi connectivity index (χ1) is 13.2. The summed E-state index contributed by atoms with van der Waals surface area (Å²) in [5.41, 5.74) is 0.949. The molecule has 0 radical (unpaired) electrons. The smallest absolute Gasteiger partial charge is 0.416 e. The van der Waals surface area contributed by atoms with Crippen LogP contribution in [0.5, 0.6) is 11.5 Å². The standard InChI is InChI=1S/C21H22F3NO3/c1-12(14-6-9-18(27-2)19(10-14)28-3)25-20(26)17-11-16(17)13-4-7-15(8-5-13)21(22,23)24/h4-10,12,16-17H,11H2,1-3H3,(H,25,26). The van der Waals surface area contributed by atoms with Gasteiger partial charge in [0.05, 0.1) is 25.8 Å². The van der Waals surface area contributed by atoms with Crippen molar-refractivity contribution in [1.29, 1.82) is 0 Å². The van der Waals surface area contributed by atoms with Gasteiger partial charge in [-0.25, -0.2) is 0 Å². The van der Waals surface area contributed by atoms with Crippen LogP contribution >= 0.6 is 0 Å². The van der Waals surface area contributed by atoms with E-state index in [0.29, 0.717) is 17.9 Å². The molecule has 1 aliphatic carbocycles. The Bertz CT molecular complexity index is 849. The third-order valence-electron chi connectivity index (χ3n) is 5.06. The monoisotopic (exact) mass is 393 g/mol. The van der Waals surface area contributed by atoms with E-state index in [-0.39, 0.29) is 23.8 Å². The van der Waals surface area contributed by atoms with Crippen LogP contribution in [0.25, 0.3) is 0 Å². The third-order valence-corrected chi connectivity index (χ3v) is 5.06. The third kappa shape index (κ3) is 4.24.